The molecule has 24 heavy (non-hydrogen) atoms. The molecule has 0 bridgehead atoms. The summed E-state index contributed by atoms with van der Waals surface area (Å²) in [6.45, 7) is 0.132. The maximum absolute atomic E-state index is 12.4. The summed E-state index contributed by atoms with van der Waals surface area (Å²) in [5.74, 6) is -1.85. The molecule has 5 heteroatoms. The Morgan fingerprint density at radius 3 is 2.08 bits per heavy atom. The lowest BCUT2D eigenvalue weighted by molar-refractivity contribution is -0.140. The van der Waals surface area contributed by atoms with Crippen LogP contribution in [0.5, 0.6) is 0 Å². The minimum absolute atomic E-state index is 0.132. The van der Waals surface area contributed by atoms with E-state index in [0.29, 0.717) is 17.5 Å². The van der Waals surface area contributed by atoms with E-state index in [1.54, 1.807) is 48.5 Å². The van der Waals surface area contributed by atoms with Gasteiger partial charge >= 0.3 is 5.97 Å². The first kappa shape index (κ1) is 14.6. The van der Waals surface area contributed by atoms with Gasteiger partial charge in [-0.1, -0.05) is 42.5 Å². The molecule has 2 atom stereocenters. The van der Waals surface area contributed by atoms with E-state index >= 15 is 0 Å². The summed E-state index contributed by atoms with van der Waals surface area (Å²) in [5.41, 5.74) is 0.503. The number of aliphatic carboxylic acids is 1. The molecule has 0 radical (unpaired) electrons. The summed E-state index contributed by atoms with van der Waals surface area (Å²) in [4.78, 5) is 37.9. The Hall–Kier alpha value is -2.95. The topological polar surface area (TPSA) is 74.7 Å². The predicted molar refractivity (Wildman–Crippen MR) is 85.7 cm³/mol. The van der Waals surface area contributed by atoms with Crippen LogP contribution in [-0.4, -0.2) is 34.3 Å². The minimum atomic E-state index is -1.00. The molecule has 1 aliphatic carbocycles. The Morgan fingerprint density at radius 1 is 1.00 bits per heavy atom. The van der Waals surface area contributed by atoms with Crippen molar-refractivity contribution in [2.75, 3.05) is 6.54 Å². The first-order chi connectivity index (χ1) is 11.6. The maximum atomic E-state index is 12.4. The van der Waals surface area contributed by atoms with Crippen LogP contribution in [0.1, 0.15) is 32.7 Å². The van der Waals surface area contributed by atoms with E-state index in [-0.39, 0.29) is 24.3 Å². The Balaban J connectivity index is 1.61. The van der Waals surface area contributed by atoms with Crippen LogP contribution in [0.25, 0.3) is 0 Å². The average Bonchev–Trinajstić information content (AvgIpc) is 3.29. The number of nitrogens with zero attached hydrogens (tertiary/aromatic N) is 1. The van der Waals surface area contributed by atoms with Crippen LogP contribution < -0.4 is 0 Å². The highest BCUT2D eigenvalue weighted by Crippen LogP contribution is 2.55. The molecule has 5 nitrogen and oxygen atoms in total. The molecule has 0 saturated heterocycles. The molecule has 0 spiro atoms. The largest absolute Gasteiger partial charge is 0.481 e. The Bertz CT molecular complexity index is 826. The molecule has 1 fully saturated rings. The van der Waals surface area contributed by atoms with Crippen molar-refractivity contribution >= 4 is 17.8 Å². The molecule has 1 saturated carbocycles. The van der Waals surface area contributed by atoms with E-state index < -0.39 is 11.4 Å². The van der Waals surface area contributed by atoms with Gasteiger partial charge in [0.2, 0.25) is 0 Å². The van der Waals surface area contributed by atoms with E-state index in [9.17, 15) is 19.5 Å². The van der Waals surface area contributed by atoms with Gasteiger partial charge in [0.25, 0.3) is 11.8 Å². The first-order valence-electron chi connectivity index (χ1n) is 7.80. The second kappa shape index (κ2) is 5.03. The normalized spacial score (nSPS) is 24.8. The quantitative estimate of drug-likeness (QED) is 0.877. The van der Waals surface area contributed by atoms with E-state index in [0.717, 1.165) is 5.56 Å². The fourth-order valence-corrected chi connectivity index (χ4v) is 3.65. The van der Waals surface area contributed by atoms with Crippen LogP contribution in [-0.2, 0) is 10.2 Å². The maximum Gasteiger partial charge on any atom is 0.314 e. The molecule has 2 amide bonds. The third-order valence-electron chi connectivity index (χ3n) is 5.06. The number of imide groups is 1. The van der Waals surface area contributed by atoms with Crippen molar-refractivity contribution in [1.29, 1.82) is 0 Å². The third-order valence-corrected chi connectivity index (χ3v) is 5.06. The second-order valence-corrected chi connectivity index (χ2v) is 6.31. The highest BCUT2D eigenvalue weighted by molar-refractivity contribution is 6.21. The zero-order chi connectivity index (χ0) is 16.9. The Labute approximate surface area is 138 Å². The van der Waals surface area contributed by atoms with Gasteiger partial charge in [-0.25, -0.2) is 0 Å². The Morgan fingerprint density at radius 2 is 1.54 bits per heavy atom. The SMILES string of the molecule is O=C1c2ccccc2C(=O)N1CC1C[C@@]1(C(=O)O)c1ccccc1. The van der Waals surface area contributed by atoms with Crippen LogP contribution in [0.3, 0.4) is 0 Å². The molecular formula is C19H15NO4. The number of hydrogen-bond donors (Lipinski definition) is 1. The van der Waals surface area contributed by atoms with E-state index in [4.69, 9.17) is 0 Å². The van der Waals surface area contributed by atoms with Crippen LogP contribution in [0, 0.1) is 5.92 Å². The molecule has 2 aromatic rings. The van der Waals surface area contributed by atoms with Crippen LogP contribution >= 0.6 is 0 Å². The average molecular weight is 321 g/mol. The van der Waals surface area contributed by atoms with Gasteiger partial charge < -0.3 is 5.11 Å². The monoisotopic (exact) mass is 321 g/mol. The summed E-state index contributed by atoms with van der Waals surface area (Å²) in [6.07, 6.45) is 0.430. The van der Waals surface area contributed by atoms with E-state index in [1.807, 2.05) is 6.07 Å². The zero-order valence-electron chi connectivity index (χ0n) is 12.8. The summed E-state index contributed by atoms with van der Waals surface area (Å²) in [6, 6.07) is 15.7. The van der Waals surface area contributed by atoms with Gasteiger partial charge in [-0.2, -0.15) is 0 Å². The van der Waals surface area contributed by atoms with Crippen molar-refractivity contribution in [2.24, 2.45) is 5.92 Å². The van der Waals surface area contributed by atoms with Gasteiger partial charge in [0.1, 0.15) is 0 Å². The van der Waals surface area contributed by atoms with Crippen molar-refractivity contribution in [3.05, 3.63) is 71.3 Å². The predicted octanol–water partition coefficient (Wildman–Crippen LogP) is 2.33. The Kier molecular flexibility index (Phi) is 3.06. The summed E-state index contributed by atoms with van der Waals surface area (Å²) in [7, 11) is 0. The van der Waals surface area contributed by atoms with Gasteiger partial charge in [-0.15, -0.1) is 0 Å². The fraction of sp³-hybridized carbons (Fsp3) is 0.211. The summed E-state index contributed by atoms with van der Waals surface area (Å²) >= 11 is 0. The third kappa shape index (κ3) is 1.91. The molecule has 4 rings (SSSR count). The first-order valence-corrected chi connectivity index (χ1v) is 7.80. The van der Waals surface area contributed by atoms with E-state index in [1.165, 1.54) is 4.90 Å². The number of carbonyl (C=O) groups is 3. The molecule has 2 aliphatic rings. The molecule has 1 heterocycles. The smallest absolute Gasteiger partial charge is 0.314 e. The van der Waals surface area contributed by atoms with Gasteiger partial charge in [-0.05, 0) is 30.0 Å². The lowest BCUT2D eigenvalue weighted by Crippen LogP contribution is -2.34. The zero-order valence-corrected chi connectivity index (χ0v) is 12.8. The van der Waals surface area contributed by atoms with Crippen molar-refractivity contribution in [3.63, 3.8) is 0 Å². The number of carbonyl (C=O) groups excluding carboxylic acids is 2. The second-order valence-electron chi connectivity index (χ2n) is 6.31. The summed E-state index contributed by atoms with van der Waals surface area (Å²) in [5, 5.41) is 9.72. The fourth-order valence-electron chi connectivity index (χ4n) is 3.65. The minimum Gasteiger partial charge on any atom is -0.481 e. The molecular weight excluding hydrogens is 306 g/mol. The van der Waals surface area contributed by atoms with Crippen LogP contribution in [0.15, 0.2) is 54.6 Å². The van der Waals surface area contributed by atoms with Gasteiger partial charge in [0.15, 0.2) is 0 Å². The molecule has 120 valence electrons. The number of carboxylic acids is 1. The summed E-state index contributed by atoms with van der Waals surface area (Å²) < 4.78 is 0. The number of amides is 2. The number of rotatable bonds is 4. The van der Waals surface area contributed by atoms with Gasteiger partial charge in [0.05, 0.1) is 16.5 Å². The lowest BCUT2D eigenvalue weighted by Gasteiger charge is -2.17. The molecule has 2 aromatic carbocycles. The molecule has 0 aromatic heterocycles. The van der Waals surface area contributed by atoms with Gasteiger partial charge in [0, 0.05) is 6.54 Å². The van der Waals surface area contributed by atoms with Crippen LogP contribution in [0.2, 0.25) is 0 Å². The van der Waals surface area contributed by atoms with Crippen molar-refractivity contribution < 1.29 is 19.5 Å². The highest BCUT2D eigenvalue weighted by atomic mass is 16.4. The number of hydrogen-bond acceptors (Lipinski definition) is 3. The highest BCUT2D eigenvalue weighted by Gasteiger charge is 2.62. The number of benzene rings is 2. The molecule has 1 N–H and O–H groups in total. The number of fused-ring (bicyclic) bond motifs is 1. The van der Waals surface area contributed by atoms with Crippen molar-refractivity contribution in [3.8, 4) is 0 Å². The molecule has 1 unspecified atom stereocenters. The van der Waals surface area contributed by atoms with Crippen molar-refractivity contribution in [2.45, 2.75) is 11.8 Å². The standard InChI is InChI=1S/C19H15NO4/c21-16-14-8-4-5-9-15(14)17(22)20(16)11-13-10-19(13,18(23)24)12-6-2-1-3-7-12/h1-9,13H,10-11H2,(H,23,24)/t13?,19-/m1/s1. The van der Waals surface area contributed by atoms with Crippen molar-refractivity contribution in [1.82, 2.24) is 4.90 Å². The number of carboxylic acid groups (broad SMARTS) is 1. The van der Waals surface area contributed by atoms with Gasteiger partial charge in [-0.3, -0.25) is 19.3 Å². The van der Waals surface area contributed by atoms with E-state index in [2.05, 4.69) is 0 Å². The molecule has 1 aliphatic heterocycles. The lowest BCUT2D eigenvalue weighted by atomic mass is 9.93. The van der Waals surface area contributed by atoms with Crippen LogP contribution in [0.4, 0.5) is 0 Å².